The van der Waals surface area contributed by atoms with Crippen molar-refractivity contribution in [2.24, 2.45) is 0 Å². The van der Waals surface area contributed by atoms with E-state index in [0.717, 1.165) is 17.7 Å². The molecule has 1 aromatic carbocycles. The first-order valence-corrected chi connectivity index (χ1v) is 8.44. The molecule has 0 spiro atoms. The lowest BCUT2D eigenvalue weighted by Gasteiger charge is -2.30. The Labute approximate surface area is 130 Å². The summed E-state index contributed by atoms with van der Waals surface area (Å²) < 4.78 is 0. The SMILES string of the molecule is CCC(CC)N(CCO)C(=O)c1cc(SC)ccc1Cl. The molecule has 1 N–H and O–H groups in total. The molecule has 20 heavy (non-hydrogen) atoms. The van der Waals surface area contributed by atoms with E-state index in [2.05, 4.69) is 0 Å². The van der Waals surface area contributed by atoms with Crippen LogP contribution in [0.5, 0.6) is 0 Å². The molecule has 0 fully saturated rings. The zero-order valence-corrected chi connectivity index (χ0v) is 13.8. The number of halogens is 1. The number of benzene rings is 1. The number of nitrogens with zero attached hydrogens (tertiary/aromatic N) is 1. The molecule has 5 heteroatoms. The number of aliphatic hydroxyl groups is 1. The molecule has 0 aliphatic carbocycles. The highest BCUT2D eigenvalue weighted by Gasteiger charge is 2.23. The molecule has 0 bridgehead atoms. The van der Waals surface area contributed by atoms with Gasteiger partial charge in [-0.15, -0.1) is 11.8 Å². The van der Waals surface area contributed by atoms with Crippen LogP contribution in [0.25, 0.3) is 0 Å². The molecule has 0 aromatic heterocycles. The van der Waals surface area contributed by atoms with Crippen molar-refractivity contribution in [3.8, 4) is 0 Å². The highest BCUT2D eigenvalue weighted by Crippen LogP contribution is 2.25. The number of carbonyl (C=O) groups is 1. The number of hydrogen-bond acceptors (Lipinski definition) is 3. The summed E-state index contributed by atoms with van der Waals surface area (Å²) in [5.41, 5.74) is 0.513. The van der Waals surface area contributed by atoms with Gasteiger partial charge in [-0.1, -0.05) is 25.4 Å². The van der Waals surface area contributed by atoms with Crippen molar-refractivity contribution >= 4 is 29.3 Å². The van der Waals surface area contributed by atoms with Crippen LogP contribution >= 0.6 is 23.4 Å². The van der Waals surface area contributed by atoms with Crippen molar-refractivity contribution in [2.45, 2.75) is 37.6 Å². The predicted molar refractivity (Wildman–Crippen MR) is 85.7 cm³/mol. The van der Waals surface area contributed by atoms with Gasteiger partial charge in [0.1, 0.15) is 0 Å². The third-order valence-electron chi connectivity index (χ3n) is 3.39. The van der Waals surface area contributed by atoms with Gasteiger partial charge >= 0.3 is 0 Å². The van der Waals surface area contributed by atoms with Crippen molar-refractivity contribution in [3.63, 3.8) is 0 Å². The van der Waals surface area contributed by atoms with Crippen LogP contribution in [0.4, 0.5) is 0 Å². The molecule has 0 heterocycles. The molecule has 1 aromatic rings. The van der Waals surface area contributed by atoms with Crippen LogP contribution in [0.2, 0.25) is 5.02 Å². The summed E-state index contributed by atoms with van der Waals surface area (Å²) in [7, 11) is 0. The maximum Gasteiger partial charge on any atom is 0.255 e. The number of hydrogen-bond donors (Lipinski definition) is 1. The zero-order valence-electron chi connectivity index (χ0n) is 12.2. The minimum atomic E-state index is -0.103. The zero-order chi connectivity index (χ0) is 15.1. The molecule has 0 radical (unpaired) electrons. The van der Waals surface area contributed by atoms with Gasteiger partial charge in [0.05, 0.1) is 17.2 Å². The quantitative estimate of drug-likeness (QED) is 0.780. The normalized spacial score (nSPS) is 10.9. The minimum absolute atomic E-state index is 0.0396. The molecule has 1 rings (SSSR count). The predicted octanol–water partition coefficient (Wildman–Crippen LogP) is 3.69. The van der Waals surface area contributed by atoms with Crippen LogP contribution in [-0.4, -0.2) is 41.4 Å². The van der Waals surface area contributed by atoms with Crippen LogP contribution < -0.4 is 0 Å². The number of amides is 1. The first kappa shape index (κ1) is 17.3. The van der Waals surface area contributed by atoms with Gasteiger partial charge in [0, 0.05) is 17.5 Å². The lowest BCUT2D eigenvalue weighted by molar-refractivity contribution is 0.0622. The van der Waals surface area contributed by atoms with Crippen molar-refractivity contribution in [2.75, 3.05) is 19.4 Å². The van der Waals surface area contributed by atoms with Crippen molar-refractivity contribution in [1.82, 2.24) is 4.90 Å². The molecule has 112 valence electrons. The molecule has 0 saturated heterocycles. The Balaban J connectivity index is 3.11. The monoisotopic (exact) mass is 315 g/mol. The van der Waals surface area contributed by atoms with Crippen molar-refractivity contribution < 1.29 is 9.90 Å². The lowest BCUT2D eigenvalue weighted by Crippen LogP contribution is -2.41. The Hall–Kier alpha value is -0.710. The number of carbonyl (C=O) groups excluding carboxylic acids is 1. The fraction of sp³-hybridized carbons (Fsp3) is 0.533. The summed E-state index contributed by atoms with van der Waals surface area (Å²) in [6, 6.07) is 5.60. The number of aliphatic hydroxyl groups excluding tert-OH is 1. The molecular formula is C15H22ClNO2S. The van der Waals surface area contributed by atoms with Gasteiger partial charge in [-0.2, -0.15) is 0 Å². The van der Waals surface area contributed by atoms with Gasteiger partial charge in [-0.3, -0.25) is 4.79 Å². The summed E-state index contributed by atoms with van der Waals surface area (Å²) in [5.74, 6) is -0.103. The van der Waals surface area contributed by atoms with E-state index < -0.39 is 0 Å². The summed E-state index contributed by atoms with van der Waals surface area (Å²) in [6.07, 6.45) is 3.69. The first-order valence-electron chi connectivity index (χ1n) is 6.84. The van der Waals surface area contributed by atoms with Crippen LogP contribution in [0.15, 0.2) is 23.1 Å². The highest BCUT2D eigenvalue weighted by molar-refractivity contribution is 7.98. The van der Waals surface area contributed by atoms with Crippen LogP contribution in [0.1, 0.15) is 37.0 Å². The third kappa shape index (κ3) is 4.14. The largest absolute Gasteiger partial charge is 0.395 e. The number of thioether (sulfide) groups is 1. The molecular weight excluding hydrogens is 294 g/mol. The molecule has 0 atom stereocenters. The van der Waals surface area contributed by atoms with Crippen molar-refractivity contribution in [3.05, 3.63) is 28.8 Å². The average Bonchev–Trinajstić information content (AvgIpc) is 2.47. The first-order chi connectivity index (χ1) is 9.58. The molecule has 3 nitrogen and oxygen atoms in total. The maximum atomic E-state index is 12.7. The van der Waals surface area contributed by atoms with E-state index >= 15 is 0 Å². The van der Waals surface area contributed by atoms with Gasteiger partial charge in [0.25, 0.3) is 5.91 Å². The van der Waals surface area contributed by atoms with Crippen LogP contribution in [0, 0.1) is 0 Å². The highest BCUT2D eigenvalue weighted by atomic mass is 35.5. The summed E-state index contributed by atoms with van der Waals surface area (Å²) in [5, 5.41) is 9.67. The second-order valence-corrected chi connectivity index (χ2v) is 5.83. The van der Waals surface area contributed by atoms with E-state index in [0.29, 0.717) is 17.1 Å². The Morgan fingerprint density at radius 2 is 2.05 bits per heavy atom. The molecule has 0 unspecified atom stereocenters. The Kier molecular flexibility index (Phi) is 7.41. The van der Waals surface area contributed by atoms with E-state index in [1.54, 1.807) is 22.7 Å². The smallest absolute Gasteiger partial charge is 0.255 e. The topological polar surface area (TPSA) is 40.5 Å². The van der Waals surface area contributed by atoms with Gasteiger partial charge < -0.3 is 10.0 Å². The summed E-state index contributed by atoms with van der Waals surface area (Å²) >= 11 is 7.74. The van der Waals surface area contributed by atoms with E-state index in [9.17, 15) is 9.90 Å². The van der Waals surface area contributed by atoms with Crippen LogP contribution in [0.3, 0.4) is 0 Å². The van der Waals surface area contributed by atoms with E-state index in [1.165, 1.54) is 0 Å². The fourth-order valence-corrected chi connectivity index (χ4v) is 2.88. The second-order valence-electron chi connectivity index (χ2n) is 4.54. The van der Waals surface area contributed by atoms with Crippen LogP contribution in [-0.2, 0) is 0 Å². The van der Waals surface area contributed by atoms with Crippen molar-refractivity contribution in [1.29, 1.82) is 0 Å². The average molecular weight is 316 g/mol. The second kappa shape index (κ2) is 8.55. The molecule has 0 aliphatic heterocycles. The number of rotatable bonds is 7. The Morgan fingerprint density at radius 1 is 1.40 bits per heavy atom. The molecule has 1 amide bonds. The molecule has 0 saturated carbocycles. The van der Waals surface area contributed by atoms with E-state index in [-0.39, 0.29) is 18.6 Å². The van der Waals surface area contributed by atoms with Gasteiger partial charge in [-0.05, 0) is 37.3 Å². The maximum absolute atomic E-state index is 12.7. The van der Waals surface area contributed by atoms with E-state index in [1.807, 2.05) is 32.2 Å². The van der Waals surface area contributed by atoms with Gasteiger partial charge in [-0.25, -0.2) is 0 Å². The molecule has 0 aliphatic rings. The summed E-state index contributed by atoms with van der Waals surface area (Å²) in [4.78, 5) is 15.4. The standard InChI is InChI=1S/C15H22ClNO2S/c1-4-11(5-2)17(8-9-18)15(19)13-10-12(20-3)6-7-14(13)16/h6-7,10-11,18H,4-5,8-9H2,1-3H3. The van der Waals surface area contributed by atoms with E-state index in [4.69, 9.17) is 11.6 Å². The Bertz CT molecular complexity index is 449. The van der Waals surface area contributed by atoms with Gasteiger partial charge in [0.2, 0.25) is 0 Å². The lowest BCUT2D eigenvalue weighted by atomic mass is 10.1. The fourth-order valence-electron chi connectivity index (χ4n) is 2.24. The minimum Gasteiger partial charge on any atom is -0.395 e. The summed E-state index contributed by atoms with van der Waals surface area (Å²) in [6.45, 7) is 4.39. The Morgan fingerprint density at radius 3 is 2.55 bits per heavy atom. The van der Waals surface area contributed by atoms with Gasteiger partial charge in [0.15, 0.2) is 0 Å². The third-order valence-corrected chi connectivity index (χ3v) is 4.44.